The summed E-state index contributed by atoms with van der Waals surface area (Å²) in [4.78, 5) is 13.9. The SMILES string of the molecule is CC(OCc1ccccc1)C(=O)N1CCOCC1. The molecule has 1 aliphatic heterocycles. The number of carbonyl (C=O) groups excluding carboxylic acids is 1. The van der Waals surface area contributed by atoms with E-state index < -0.39 is 6.10 Å². The van der Waals surface area contributed by atoms with Gasteiger partial charge in [-0.1, -0.05) is 30.3 Å². The normalized spacial score (nSPS) is 17.5. The number of nitrogens with zero attached hydrogens (tertiary/aromatic N) is 1. The van der Waals surface area contributed by atoms with Crippen LogP contribution in [0, 0.1) is 0 Å². The van der Waals surface area contributed by atoms with E-state index in [0.29, 0.717) is 32.9 Å². The molecule has 0 aliphatic carbocycles. The van der Waals surface area contributed by atoms with E-state index in [9.17, 15) is 4.79 Å². The molecule has 98 valence electrons. The third-order valence-electron chi connectivity index (χ3n) is 3.01. The second-order valence-electron chi connectivity index (χ2n) is 4.38. The maximum Gasteiger partial charge on any atom is 0.251 e. The van der Waals surface area contributed by atoms with E-state index in [0.717, 1.165) is 5.56 Å². The Morgan fingerprint density at radius 1 is 1.33 bits per heavy atom. The molecule has 18 heavy (non-hydrogen) atoms. The van der Waals surface area contributed by atoms with E-state index >= 15 is 0 Å². The third kappa shape index (κ3) is 3.55. The molecule has 1 fully saturated rings. The Labute approximate surface area is 107 Å². The summed E-state index contributed by atoms with van der Waals surface area (Å²) in [6, 6.07) is 9.88. The minimum absolute atomic E-state index is 0.0502. The number of hydrogen-bond donors (Lipinski definition) is 0. The van der Waals surface area contributed by atoms with Crippen LogP contribution in [0.15, 0.2) is 30.3 Å². The van der Waals surface area contributed by atoms with E-state index in [1.165, 1.54) is 0 Å². The predicted molar refractivity (Wildman–Crippen MR) is 68.1 cm³/mol. The van der Waals surface area contributed by atoms with Crippen molar-refractivity contribution in [3.63, 3.8) is 0 Å². The fourth-order valence-electron chi connectivity index (χ4n) is 1.91. The van der Waals surface area contributed by atoms with Crippen molar-refractivity contribution in [2.24, 2.45) is 0 Å². The van der Waals surface area contributed by atoms with Crippen molar-refractivity contribution in [1.29, 1.82) is 0 Å². The predicted octanol–water partition coefficient (Wildman–Crippen LogP) is 1.45. The lowest BCUT2D eigenvalue weighted by Crippen LogP contribution is -2.45. The lowest BCUT2D eigenvalue weighted by molar-refractivity contribution is -0.147. The van der Waals surface area contributed by atoms with Crippen molar-refractivity contribution in [2.45, 2.75) is 19.6 Å². The molecule has 1 heterocycles. The molecule has 0 radical (unpaired) electrons. The van der Waals surface area contributed by atoms with E-state index in [1.807, 2.05) is 30.3 Å². The van der Waals surface area contributed by atoms with Gasteiger partial charge in [0.25, 0.3) is 5.91 Å². The number of rotatable bonds is 4. The van der Waals surface area contributed by atoms with Crippen LogP contribution in [0.1, 0.15) is 12.5 Å². The number of amides is 1. The molecule has 0 bridgehead atoms. The van der Waals surface area contributed by atoms with Gasteiger partial charge in [-0.05, 0) is 12.5 Å². The molecule has 1 amide bonds. The molecular formula is C14H19NO3. The standard InChI is InChI=1S/C14H19NO3/c1-12(14(16)15-7-9-17-10-8-15)18-11-13-5-3-2-4-6-13/h2-6,12H,7-11H2,1H3. The molecule has 4 nitrogen and oxygen atoms in total. The highest BCUT2D eigenvalue weighted by Crippen LogP contribution is 2.07. The second kappa shape index (κ2) is 6.52. The Hall–Kier alpha value is -1.39. The van der Waals surface area contributed by atoms with Crippen molar-refractivity contribution >= 4 is 5.91 Å². The van der Waals surface area contributed by atoms with Crippen LogP contribution in [-0.4, -0.2) is 43.2 Å². The Morgan fingerprint density at radius 2 is 2.00 bits per heavy atom. The average molecular weight is 249 g/mol. The Morgan fingerprint density at radius 3 is 2.67 bits per heavy atom. The van der Waals surface area contributed by atoms with Crippen LogP contribution in [0.5, 0.6) is 0 Å². The lowest BCUT2D eigenvalue weighted by atomic mass is 10.2. The zero-order valence-corrected chi connectivity index (χ0v) is 10.7. The molecule has 1 aliphatic rings. The fraction of sp³-hybridized carbons (Fsp3) is 0.500. The molecule has 1 aromatic rings. The van der Waals surface area contributed by atoms with Crippen molar-refractivity contribution in [2.75, 3.05) is 26.3 Å². The van der Waals surface area contributed by atoms with Crippen molar-refractivity contribution in [3.8, 4) is 0 Å². The van der Waals surface area contributed by atoms with Crippen LogP contribution in [0.2, 0.25) is 0 Å². The Bertz CT molecular complexity index is 374. The van der Waals surface area contributed by atoms with E-state index in [1.54, 1.807) is 11.8 Å². The van der Waals surface area contributed by atoms with Gasteiger partial charge < -0.3 is 14.4 Å². The van der Waals surface area contributed by atoms with Crippen LogP contribution in [0.4, 0.5) is 0 Å². The molecule has 1 unspecified atom stereocenters. The summed E-state index contributed by atoms with van der Waals surface area (Å²) in [6.45, 7) is 4.85. The van der Waals surface area contributed by atoms with Gasteiger partial charge in [-0.3, -0.25) is 4.79 Å². The third-order valence-corrected chi connectivity index (χ3v) is 3.01. The topological polar surface area (TPSA) is 38.8 Å². The summed E-state index contributed by atoms with van der Waals surface area (Å²) in [6.07, 6.45) is -0.400. The molecule has 0 spiro atoms. The number of benzene rings is 1. The number of carbonyl (C=O) groups is 1. The molecule has 4 heteroatoms. The highest BCUT2D eigenvalue weighted by Gasteiger charge is 2.22. The van der Waals surface area contributed by atoms with Gasteiger partial charge in [0.2, 0.25) is 0 Å². The lowest BCUT2D eigenvalue weighted by Gasteiger charge is -2.29. The second-order valence-corrected chi connectivity index (χ2v) is 4.38. The highest BCUT2D eigenvalue weighted by atomic mass is 16.5. The van der Waals surface area contributed by atoms with Crippen LogP contribution in [-0.2, 0) is 20.9 Å². The van der Waals surface area contributed by atoms with Crippen LogP contribution in [0.25, 0.3) is 0 Å². The first-order chi connectivity index (χ1) is 8.77. The van der Waals surface area contributed by atoms with Crippen molar-refractivity contribution < 1.29 is 14.3 Å². The first kappa shape index (κ1) is 13.1. The van der Waals surface area contributed by atoms with E-state index in [4.69, 9.17) is 9.47 Å². The summed E-state index contributed by atoms with van der Waals surface area (Å²) in [5.74, 6) is 0.0502. The zero-order valence-electron chi connectivity index (χ0n) is 10.7. The van der Waals surface area contributed by atoms with E-state index in [2.05, 4.69) is 0 Å². The van der Waals surface area contributed by atoms with Crippen molar-refractivity contribution in [3.05, 3.63) is 35.9 Å². The first-order valence-electron chi connectivity index (χ1n) is 6.29. The van der Waals surface area contributed by atoms with Gasteiger partial charge in [0.05, 0.1) is 19.8 Å². The monoisotopic (exact) mass is 249 g/mol. The number of morpholine rings is 1. The molecular weight excluding hydrogens is 230 g/mol. The van der Waals surface area contributed by atoms with Gasteiger partial charge in [0, 0.05) is 13.1 Å². The van der Waals surface area contributed by atoms with Crippen LogP contribution >= 0.6 is 0 Å². The fourth-order valence-corrected chi connectivity index (χ4v) is 1.91. The average Bonchev–Trinajstić information content (AvgIpc) is 2.46. The summed E-state index contributed by atoms with van der Waals surface area (Å²) in [5, 5.41) is 0. The Balaban J connectivity index is 1.80. The highest BCUT2D eigenvalue weighted by molar-refractivity contribution is 5.80. The molecule has 0 saturated carbocycles. The smallest absolute Gasteiger partial charge is 0.251 e. The number of hydrogen-bond acceptors (Lipinski definition) is 3. The maximum atomic E-state index is 12.1. The number of ether oxygens (including phenoxy) is 2. The summed E-state index contributed by atoms with van der Waals surface area (Å²) >= 11 is 0. The van der Waals surface area contributed by atoms with Gasteiger partial charge in [0.15, 0.2) is 0 Å². The molecule has 0 aromatic heterocycles. The first-order valence-corrected chi connectivity index (χ1v) is 6.29. The van der Waals surface area contributed by atoms with Gasteiger partial charge in [0.1, 0.15) is 6.10 Å². The Kier molecular flexibility index (Phi) is 4.73. The van der Waals surface area contributed by atoms with Gasteiger partial charge in [-0.2, -0.15) is 0 Å². The molecule has 1 saturated heterocycles. The van der Waals surface area contributed by atoms with Gasteiger partial charge in [-0.25, -0.2) is 0 Å². The summed E-state index contributed by atoms with van der Waals surface area (Å²) < 4.78 is 10.8. The van der Waals surface area contributed by atoms with Gasteiger partial charge >= 0.3 is 0 Å². The molecule has 2 rings (SSSR count). The molecule has 0 N–H and O–H groups in total. The molecule has 1 atom stereocenters. The minimum atomic E-state index is -0.400. The van der Waals surface area contributed by atoms with E-state index in [-0.39, 0.29) is 5.91 Å². The largest absolute Gasteiger partial charge is 0.378 e. The van der Waals surface area contributed by atoms with Crippen LogP contribution in [0.3, 0.4) is 0 Å². The van der Waals surface area contributed by atoms with Crippen molar-refractivity contribution in [1.82, 2.24) is 4.90 Å². The zero-order chi connectivity index (χ0) is 12.8. The summed E-state index contributed by atoms with van der Waals surface area (Å²) in [5.41, 5.74) is 1.08. The van der Waals surface area contributed by atoms with Gasteiger partial charge in [-0.15, -0.1) is 0 Å². The molecule has 1 aromatic carbocycles. The van der Waals surface area contributed by atoms with Crippen LogP contribution < -0.4 is 0 Å². The quantitative estimate of drug-likeness (QED) is 0.810. The minimum Gasteiger partial charge on any atom is -0.378 e. The summed E-state index contributed by atoms with van der Waals surface area (Å²) in [7, 11) is 0. The maximum absolute atomic E-state index is 12.1.